The second kappa shape index (κ2) is 13.1. The van der Waals surface area contributed by atoms with Crippen LogP contribution in [0.3, 0.4) is 0 Å². The van der Waals surface area contributed by atoms with Crippen molar-refractivity contribution in [1.29, 1.82) is 0 Å². The highest BCUT2D eigenvalue weighted by Crippen LogP contribution is 2.45. The lowest BCUT2D eigenvalue weighted by molar-refractivity contribution is -0.900. The quantitative estimate of drug-likeness (QED) is 0.0845. The Morgan fingerprint density at radius 3 is 2.11 bits per heavy atom. The van der Waals surface area contributed by atoms with Gasteiger partial charge in [0.1, 0.15) is 18.0 Å². The summed E-state index contributed by atoms with van der Waals surface area (Å²) in [5, 5.41) is 9.69. The third kappa shape index (κ3) is 5.69. The van der Waals surface area contributed by atoms with Crippen molar-refractivity contribution < 1.29 is 28.3 Å². The normalized spacial score (nSPS) is 17.6. The molecule has 12 heteroatoms. The number of quaternary nitrogens is 1. The number of imide groups is 1. The van der Waals surface area contributed by atoms with Crippen molar-refractivity contribution in [3.63, 3.8) is 0 Å². The number of aldehydes is 1. The highest BCUT2D eigenvalue weighted by atomic mass is 32.1. The van der Waals surface area contributed by atoms with Crippen molar-refractivity contribution in [2.45, 2.75) is 25.4 Å². The van der Waals surface area contributed by atoms with Crippen molar-refractivity contribution in [3.8, 4) is 44.3 Å². The number of aromatic nitrogens is 2. The van der Waals surface area contributed by atoms with Crippen LogP contribution < -0.4 is 20.1 Å². The van der Waals surface area contributed by atoms with Crippen molar-refractivity contribution in [1.82, 2.24) is 15.3 Å². The number of rotatable bonds is 12. The lowest BCUT2D eigenvalue weighted by Gasteiger charge is -2.43. The number of hydrogen-bond acceptors (Lipinski definition) is 10. The van der Waals surface area contributed by atoms with Gasteiger partial charge >= 0.3 is 6.03 Å². The summed E-state index contributed by atoms with van der Waals surface area (Å²) >= 11 is 2.97. The first-order chi connectivity index (χ1) is 22.7. The van der Waals surface area contributed by atoms with Crippen molar-refractivity contribution in [2.75, 3.05) is 32.6 Å². The molecule has 47 heavy (non-hydrogen) atoms. The van der Waals surface area contributed by atoms with Gasteiger partial charge in [0.15, 0.2) is 17.9 Å². The minimum Gasteiger partial charge on any atom is -0.497 e. The number of thiophene rings is 2. The number of nitrogens with zero attached hydrogens (tertiary/aromatic N) is 3. The van der Waals surface area contributed by atoms with E-state index in [4.69, 9.17) is 14.5 Å². The van der Waals surface area contributed by atoms with E-state index in [-0.39, 0.29) is 13.1 Å². The SMILES string of the molecule is COc1ccc(-c2ccsc2-c2ccnc(NCC[N+]3(C(C=O)c4sccc4-c4ccc(OC)cc4)C(=O)NC(=O)C3(C)C)n2)cc1. The third-order valence-corrected chi connectivity index (χ3v) is 10.7. The van der Waals surface area contributed by atoms with Gasteiger partial charge < -0.3 is 14.8 Å². The average molecular weight is 669 g/mol. The molecule has 2 atom stereocenters. The summed E-state index contributed by atoms with van der Waals surface area (Å²) in [5.74, 6) is 1.43. The molecule has 1 fully saturated rings. The Morgan fingerprint density at radius 2 is 1.51 bits per heavy atom. The first-order valence-corrected chi connectivity index (χ1v) is 16.7. The molecule has 3 amide bonds. The molecule has 0 radical (unpaired) electrons. The summed E-state index contributed by atoms with van der Waals surface area (Å²) in [6.07, 6.45) is 2.47. The maximum Gasteiger partial charge on any atom is 0.425 e. The van der Waals surface area contributed by atoms with E-state index in [2.05, 4.69) is 21.7 Å². The largest absolute Gasteiger partial charge is 0.497 e. The van der Waals surface area contributed by atoms with Crippen LogP contribution in [0.4, 0.5) is 10.7 Å². The fraction of sp³-hybridized carbons (Fsp3) is 0.229. The van der Waals surface area contributed by atoms with Crippen LogP contribution >= 0.6 is 22.7 Å². The van der Waals surface area contributed by atoms with Crippen LogP contribution in [0.25, 0.3) is 32.8 Å². The van der Waals surface area contributed by atoms with Gasteiger partial charge in [-0.3, -0.25) is 9.59 Å². The lowest BCUT2D eigenvalue weighted by atomic mass is 9.94. The summed E-state index contributed by atoms with van der Waals surface area (Å²) in [6.45, 7) is 3.76. The monoisotopic (exact) mass is 668 g/mol. The minimum absolute atomic E-state index is 0.123. The van der Waals surface area contributed by atoms with E-state index in [0.717, 1.165) is 44.9 Å². The fourth-order valence-corrected chi connectivity index (χ4v) is 8.05. The highest BCUT2D eigenvalue weighted by Gasteiger charge is 2.65. The first kappa shape index (κ1) is 32.0. The lowest BCUT2D eigenvalue weighted by Crippen LogP contribution is -2.65. The Hall–Kier alpha value is -4.91. The van der Waals surface area contributed by atoms with E-state index < -0.39 is 28.0 Å². The van der Waals surface area contributed by atoms with Gasteiger partial charge in [-0.2, -0.15) is 0 Å². The van der Waals surface area contributed by atoms with E-state index in [1.54, 1.807) is 45.6 Å². The molecule has 0 saturated carbocycles. The van der Waals surface area contributed by atoms with Crippen LogP contribution in [0.15, 0.2) is 83.7 Å². The summed E-state index contributed by atoms with van der Waals surface area (Å²) < 4.78 is 10.2. The average Bonchev–Trinajstić information content (AvgIpc) is 3.82. The van der Waals surface area contributed by atoms with Crippen molar-refractivity contribution in [2.24, 2.45) is 0 Å². The van der Waals surface area contributed by atoms with Gasteiger partial charge in [0.25, 0.3) is 5.91 Å². The smallest absolute Gasteiger partial charge is 0.425 e. The van der Waals surface area contributed by atoms with Gasteiger partial charge in [0, 0.05) is 31.2 Å². The van der Waals surface area contributed by atoms with Crippen LogP contribution in [-0.2, 0) is 9.59 Å². The molecule has 5 aromatic rings. The van der Waals surface area contributed by atoms with Gasteiger partial charge in [-0.15, -0.1) is 22.7 Å². The minimum atomic E-state index is -1.24. The molecule has 240 valence electrons. The van der Waals surface area contributed by atoms with E-state index >= 15 is 0 Å². The van der Waals surface area contributed by atoms with Crippen LogP contribution in [0.2, 0.25) is 0 Å². The number of methoxy groups -OCH3 is 2. The number of urea groups is 1. The molecule has 6 rings (SSSR count). The molecular weight excluding hydrogens is 635 g/mol. The number of nitrogens with one attached hydrogen (secondary N) is 2. The van der Waals surface area contributed by atoms with Gasteiger partial charge in [-0.1, -0.05) is 24.3 Å². The molecule has 3 aromatic heterocycles. The molecule has 10 nitrogen and oxygen atoms in total. The molecule has 4 heterocycles. The zero-order valence-electron chi connectivity index (χ0n) is 26.4. The zero-order chi connectivity index (χ0) is 33.2. The number of amides is 3. The number of hydrogen-bond donors (Lipinski definition) is 2. The second-order valence-corrected chi connectivity index (χ2v) is 13.4. The first-order valence-electron chi connectivity index (χ1n) is 14.9. The van der Waals surface area contributed by atoms with Crippen LogP contribution in [-0.4, -0.2) is 65.5 Å². The fourth-order valence-electron chi connectivity index (χ4n) is 6.12. The molecule has 0 bridgehead atoms. The van der Waals surface area contributed by atoms with E-state index in [1.165, 1.54) is 11.3 Å². The predicted octanol–water partition coefficient (Wildman–Crippen LogP) is 6.82. The predicted molar refractivity (Wildman–Crippen MR) is 184 cm³/mol. The standard InChI is InChI=1S/C35H33N5O5S2/c1-35(2)32(42)39-34(43)40(35,29(21-41)31-27(15-20-47-31)23-7-11-25(45-4)12-8-23)18-17-37-33-36-16-13-28(38-33)30-26(14-19-46-30)22-5-9-24(44-3)10-6-22/h5-16,19-21,29H,17-18H2,1-4H3,(H-,36,37,38,39,42,43)/p+1. The van der Waals surface area contributed by atoms with Gasteiger partial charge in [-0.05, 0) is 64.4 Å². The van der Waals surface area contributed by atoms with Crippen LogP contribution in [0, 0.1) is 0 Å². The molecule has 1 aliphatic rings. The van der Waals surface area contributed by atoms with E-state index in [9.17, 15) is 14.4 Å². The number of anilines is 1. The van der Waals surface area contributed by atoms with Gasteiger partial charge in [0.2, 0.25) is 5.95 Å². The molecule has 1 aliphatic heterocycles. The van der Waals surface area contributed by atoms with Gasteiger partial charge in [-0.25, -0.2) is 24.6 Å². The van der Waals surface area contributed by atoms with Crippen molar-refractivity contribution in [3.05, 3.63) is 88.6 Å². The molecule has 2 N–H and O–H groups in total. The molecule has 0 spiro atoms. The highest BCUT2D eigenvalue weighted by molar-refractivity contribution is 7.14. The summed E-state index contributed by atoms with van der Waals surface area (Å²) in [7, 11) is 3.24. The van der Waals surface area contributed by atoms with Crippen molar-refractivity contribution >= 4 is 46.8 Å². The number of carbonyl (C=O) groups is 3. The summed E-state index contributed by atoms with van der Waals surface area (Å²) in [6, 6.07) is 19.8. The Kier molecular flexibility index (Phi) is 8.91. The summed E-state index contributed by atoms with van der Waals surface area (Å²) in [4.78, 5) is 51.0. The van der Waals surface area contributed by atoms with E-state index in [1.807, 2.05) is 71.4 Å². The Morgan fingerprint density at radius 1 is 0.894 bits per heavy atom. The molecule has 1 saturated heterocycles. The molecule has 2 unspecified atom stereocenters. The summed E-state index contributed by atoms with van der Waals surface area (Å²) in [5.41, 5.74) is 3.28. The molecular formula is C35H34N5O5S2+. The number of carbonyl (C=O) groups excluding carboxylic acids is 3. The van der Waals surface area contributed by atoms with Crippen LogP contribution in [0.1, 0.15) is 24.8 Å². The Labute approximate surface area is 280 Å². The molecule has 2 aromatic carbocycles. The van der Waals surface area contributed by atoms with E-state index in [0.29, 0.717) is 16.6 Å². The third-order valence-electron chi connectivity index (χ3n) is 8.81. The Balaban J connectivity index is 1.29. The molecule has 0 aliphatic carbocycles. The topological polar surface area (TPSA) is 120 Å². The number of benzene rings is 2. The zero-order valence-corrected chi connectivity index (χ0v) is 28.0. The number of ether oxygens (including phenoxy) is 2. The van der Waals surface area contributed by atoms with Gasteiger partial charge in [0.05, 0.1) is 36.2 Å². The van der Waals surface area contributed by atoms with Crippen LogP contribution in [0.5, 0.6) is 11.5 Å². The maximum atomic E-state index is 13.8. The second-order valence-electron chi connectivity index (χ2n) is 11.5. The maximum absolute atomic E-state index is 13.8. The Bertz CT molecular complexity index is 1920.